The predicted molar refractivity (Wildman–Crippen MR) is 50.6 cm³/mol. The Morgan fingerprint density at radius 1 is 1.62 bits per heavy atom. The Hall–Kier alpha value is -1.56. The van der Waals surface area contributed by atoms with Crippen LogP contribution in [0.4, 0.5) is 8.78 Å². The van der Waals surface area contributed by atoms with E-state index in [1.54, 1.807) is 0 Å². The topological polar surface area (TPSA) is 62.2 Å². The number of hydrogen-bond acceptors (Lipinski definition) is 3. The summed E-state index contributed by atoms with van der Waals surface area (Å²) < 4.78 is 25.7. The Balaban J connectivity index is 2.04. The van der Waals surface area contributed by atoms with Crippen molar-refractivity contribution >= 4 is 5.91 Å². The van der Waals surface area contributed by atoms with E-state index in [2.05, 4.69) is 10.3 Å². The summed E-state index contributed by atoms with van der Waals surface area (Å²) in [6, 6.07) is 0.474. The van der Waals surface area contributed by atoms with E-state index in [1.807, 2.05) is 0 Å². The van der Waals surface area contributed by atoms with Gasteiger partial charge in [-0.3, -0.25) is 4.79 Å². The summed E-state index contributed by atoms with van der Waals surface area (Å²) in [5.41, 5.74) is -0.426. The number of rotatable bonds is 3. The molecular formula is C10H10F2N2O2. The summed E-state index contributed by atoms with van der Waals surface area (Å²) in [5, 5.41) is 11.3. The van der Waals surface area contributed by atoms with Crippen molar-refractivity contribution in [3.63, 3.8) is 0 Å². The van der Waals surface area contributed by atoms with Crippen molar-refractivity contribution < 1.29 is 18.7 Å². The highest BCUT2D eigenvalue weighted by atomic mass is 19.1. The number of halogens is 2. The molecule has 16 heavy (non-hydrogen) atoms. The molecule has 0 unspecified atom stereocenters. The van der Waals surface area contributed by atoms with Crippen LogP contribution in [0.25, 0.3) is 0 Å². The van der Waals surface area contributed by atoms with Crippen LogP contribution >= 0.6 is 0 Å². The molecule has 1 aromatic rings. The smallest absolute Gasteiger partial charge is 0.273 e. The zero-order valence-corrected chi connectivity index (χ0v) is 8.28. The van der Waals surface area contributed by atoms with Crippen molar-refractivity contribution in [1.29, 1.82) is 0 Å². The highest BCUT2D eigenvalue weighted by Gasteiger charge is 2.38. The number of hydrogen-bond donors (Lipinski definition) is 2. The largest absolute Gasteiger partial charge is 0.396 e. The quantitative estimate of drug-likeness (QED) is 0.790. The van der Waals surface area contributed by atoms with E-state index in [4.69, 9.17) is 5.11 Å². The molecule has 2 rings (SSSR count). The lowest BCUT2D eigenvalue weighted by molar-refractivity contribution is 0.0938. The maximum Gasteiger partial charge on any atom is 0.273 e. The van der Waals surface area contributed by atoms with E-state index in [1.165, 1.54) is 0 Å². The molecule has 0 aliphatic heterocycles. The van der Waals surface area contributed by atoms with Gasteiger partial charge in [0, 0.05) is 24.6 Å². The Morgan fingerprint density at radius 3 is 2.94 bits per heavy atom. The molecular weight excluding hydrogens is 218 g/mol. The number of carbonyl (C=O) groups excluding carboxylic acids is 1. The molecule has 0 aromatic carbocycles. The molecule has 0 saturated heterocycles. The summed E-state index contributed by atoms with van der Waals surface area (Å²) in [7, 11) is 0. The molecule has 1 amide bonds. The molecule has 86 valence electrons. The van der Waals surface area contributed by atoms with Gasteiger partial charge in [-0.25, -0.2) is 13.8 Å². The molecule has 1 heterocycles. The van der Waals surface area contributed by atoms with Gasteiger partial charge in [0.15, 0.2) is 11.5 Å². The first-order chi connectivity index (χ1) is 7.61. The number of amides is 1. The highest BCUT2D eigenvalue weighted by molar-refractivity contribution is 5.92. The van der Waals surface area contributed by atoms with Crippen molar-refractivity contribution in [2.75, 3.05) is 6.61 Å². The molecule has 1 aromatic heterocycles. The summed E-state index contributed by atoms with van der Waals surface area (Å²) in [6.45, 7) is -0.00965. The van der Waals surface area contributed by atoms with Crippen LogP contribution in [0.1, 0.15) is 16.9 Å². The standard InChI is InChI=1S/C10H10F2N2O2/c11-6-2-7(12)9(13-3-6)10(16)14-8-1-5(8)4-15/h2-3,5,8,15H,1,4H2,(H,14,16)/t5-,8+/m0/s1. The minimum Gasteiger partial charge on any atom is -0.396 e. The van der Waals surface area contributed by atoms with Gasteiger partial charge in [0.25, 0.3) is 5.91 Å². The molecule has 0 bridgehead atoms. The predicted octanol–water partition coefficient (Wildman–Crippen LogP) is 0.470. The molecule has 1 fully saturated rings. The normalized spacial score (nSPS) is 22.9. The van der Waals surface area contributed by atoms with Crippen molar-refractivity contribution in [2.24, 2.45) is 5.92 Å². The molecule has 2 atom stereocenters. The summed E-state index contributed by atoms with van der Waals surface area (Å²) >= 11 is 0. The minimum atomic E-state index is -0.987. The van der Waals surface area contributed by atoms with Crippen LogP contribution < -0.4 is 5.32 Å². The lowest BCUT2D eigenvalue weighted by Gasteiger charge is -2.04. The van der Waals surface area contributed by atoms with Crippen LogP contribution in [0.3, 0.4) is 0 Å². The Morgan fingerprint density at radius 2 is 2.38 bits per heavy atom. The van der Waals surface area contributed by atoms with E-state index in [0.717, 1.165) is 6.20 Å². The van der Waals surface area contributed by atoms with Crippen LogP contribution in [0.2, 0.25) is 0 Å². The summed E-state index contributed by atoms with van der Waals surface area (Å²) in [6.07, 6.45) is 1.46. The SMILES string of the molecule is O=C(N[C@@H]1C[C@H]1CO)c1ncc(F)cc1F. The number of pyridine rings is 1. The first-order valence-corrected chi connectivity index (χ1v) is 4.84. The third-order valence-corrected chi connectivity index (χ3v) is 2.50. The van der Waals surface area contributed by atoms with Gasteiger partial charge in [-0.1, -0.05) is 0 Å². The van der Waals surface area contributed by atoms with Gasteiger partial charge in [-0.2, -0.15) is 0 Å². The maximum absolute atomic E-state index is 13.1. The second-order valence-corrected chi connectivity index (χ2v) is 3.74. The number of aliphatic hydroxyl groups is 1. The monoisotopic (exact) mass is 228 g/mol. The van der Waals surface area contributed by atoms with Crippen molar-refractivity contribution in [2.45, 2.75) is 12.5 Å². The Bertz CT molecular complexity index is 425. The van der Waals surface area contributed by atoms with Gasteiger partial charge in [-0.15, -0.1) is 0 Å². The average molecular weight is 228 g/mol. The number of aromatic nitrogens is 1. The third kappa shape index (κ3) is 2.16. The molecule has 2 N–H and O–H groups in total. The van der Waals surface area contributed by atoms with Crippen molar-refractivity contribution in [1.82, 2.24) is 10.3 Å². The summed E-state index contributed by atoms with van der Waals surface area (Å²) in [4.78, 5) is 14.9. The zero-order valence-electron chi connectivity index (χ0n) is 8.28. The number of nitrogens with one attached hydrogen (secondary N) is 1. The fraction of sp³-hybridized carbons (Fsp3) is 0.400. The van der Waals surface area contributed by atoms with Crippen LogP contribution in [0.15, 0.2) is 12.3 Å². The van der Waals surface area contributed by atoms with Gasteiger partial charge in [0.05, 0.1) is 6.20 Å². The number of nitrogens with zero attached hydrogens (tertiary/aromatic N) is 1. The third-order valence-electron chi connectivity index (χ3n) is 2.50. The second kappa shape index (κ2) is 4.13. The maximum atomic E-state index is 13.1. The zero-order chi connectivity index (χ0) is 11.7. The van der Waals surface area contributed by atoms with E-state index < -0.39 is 23.2 Å². The van der Waals surface area contributed by atoms with Gasteiger partial charge in [0.1, 0.15) is 5.82 Å². The van der Waals surface area contributed by atoms with Gasteiger partial charge < -0.3 is 10.4 Å². The average Bonchev–Trinajstić information content (AvgIpc) is 2.96. The van der Waals surface area contributed by atoms with Crippen LogP contribution in [-0.4, -0.2) is 28.6 Å². The van der Waals surface area contributed by atoms with E-state index >= 15 is 0 Å². The molecule has 4 nitrogen and oxygen atoms in total. The van der Waals surface area contributed by atoms with Crippen LogP contribution in [0, 0.1) is 17.6 Å². The molecule has 0 radical (unpaired) electrons. The molecule has 1 saturated carbocycles. The molecule has 1 aliphatic carbocycles. The fourth-order valence-electron chi connectivity index (χ4n) is 1.44. The molecule has 1 aliphatic rings. The minimum absolute atomic E-state index is 0.00965. The van der Waals surface area contributed by atoms with Crippen LogP contribution in [0.5, 0.6) is 0 Å². The lowest BCUT2D eigenvalue weighted by atomic mass is 10.3. The first-order valence-electron chi connectivity index (χ1n) is 4.84. The van der Waals surface area contributed by atoms with Gasteiger partial charge >= 0.3 is 0 Å². The highest BCUT2D eigenvalue weighted by Crippen LogP contribution is 2.29. The molecule has 6 heteroatoms. The van der Waals surface area contributed by atoms with Gasteiger partial charge in [-0.05, 0) is 6.42 Å². The number of carbonyl (C=O) groups is 1. The van der Waals surface area contributed by atoms with Gasteiger partial charge in [0.2, 0.25) is 0 Å². The Labute approximate surface area is 90.3 Å². The fourth-order valence-corrected chi connectivity index (χ4v) is 1.44. The van der Waals surface area contributed by atoms with Crippen molar-refractivity contribution in [3.05, 3.63) is 29.6 Å². The van der Waals surface area contributed by atoms with E-state index in [-0.39, 0.29) is 18.6 Å². The van der Waals surface area contributed by atoms with Crippen LogP contribution in [-0.2, 0) is 0 Å². The summed E-state index contributed by atoms with van der Waals surface area (Å²) in [5.74, 6) is -2.46. The second-order valence-electron chi connectivity index (χ2n) is 3.74. The Kier molecular flexibility index (Phi) is 2.82. The van der Waals surface area contributed by atoms with Crippen molar-refractivity contribution in [3.8, 4) is 0 Å². The molecule has 0 spiro atoms. The van der Waals surface area contributed by atoms with E-state index in [9.17, 15) is 13.6 Å². The first kappa shape index (κ1) is 10.9. The number of aliphatic hydroxyl groups excluding tert-OH is 1. The lowest BCUT2D eigenvalue weighted by Crippen LogP contribution is -2.29. The van der Waals surface area contributed by atoms with E-state index in [0.29, 0.717) is 12.5 Å².